The first-order valence-electron chi connectivity index (χ1n) is 8.00. The van der Waals surface area contributed by atoms with Gasteiger partial charge in [-0.2, -0.15) is 0 Å². The number of nitrogens with zero attached hydrogens (tertiary/aromatic N) is 3. The highest BCUT2D eigenvalue weighted by Gasteiger charge is 2.21. The van der Waals surface area contributed by atoms with Gasteiger partial charge in [0.15, 0.2) is 0 Å². The van der Waals surface area contributed by atoms with E-state index in [4.69, 9.17) is 11.6 Å². The summed E-state index contributed by atoms with van der Waals surface area (Å²) in [6.07, 6.45) is 10.3. The van der Waals surface area contributed by atoms with Gasteiger partial charge in [-0.1, -0.05) is 45.4 Å². The standard InChI is InChI=1S/C16H30ClN3/c1-5-6-7-8-9-10-11-12-14-18-19-15(13-17)20(14)16(2,3)4/h5-13H2,1-4H3. The molecule has 0 aliphatic carbocycles. The molecule has 1 heterocycles. The Morgan fingerprint density at radius 3 is 2.00 bits per heavy atom. The van der Waals surface area contributed by atoms with Crippen LogP contribution in [0.5, 0.6) is 0 Å². The normalized spacial score (nSPS) is 12.1. The SMILES string of the molecule is CCCCCCCCCc1nnc(CCl)n1C(C)(C)C. The highest BCUT2D eigenvalue weighted by atomic mass is 35.5. The van der Waals surface area contributed by atoms with Gasteiger partial charge in [-0.25, -0.2) is 0 Å². The van der Waals surface area contributed by atoms with Gasteiger partial charge in [0.1, 0.15) is 11.6 Å². The van der Waals surface area contributed by atoms with Gasteiger partial charge < -0.3 is 4.57 Å². The molecule has 0 radical (unpaired) electrons. The van der Waals surface area contributed by atoms with Crippen LogP contribution in [-0.4, -0.2) is 14.8 Å². The Bertz CT molecular complexity index is 380. The fourth-order valence-corrected chi connectivity index (χ4v) is 2.79. The van der Waals surface area contributed by atoms with Crippen molar-refractivity contribution in [2.24, 2.45) is 0 Å². The maximum atomic E-state index is 5.96. The van der Waals surface area contributed by atoms with Crippen molar-refractivity contribution in [3.05, 3.63) is 11.6 Å². The number of halogens is 1. The molecule has 1 rings (SSSR count). The number of hydrogen-bond donors (Lipinski definition) is 0. The highest BCUT2D eigenvalue weighted by Crippen LogP contribution is 2.21. The minimum atomic E-state index is 0.00415. The summed E-state index contributed by atoms with van der Waals surface area (Å²) in [5.74, 6) is 2.40. The fraction of sp³-hybridized carbons (Fsp3) is 0.875. The van der Waals surface area contributed by atoms with Crippen molar-refractivity contribution < 1.29 is 0 Å². The van der Waals surface area contributed by atoms with E-state index in [9.17, 15) is 0 Å². The van der Waals surface area contributed by atoms with Crippen LogP contribution in [-0.2, 0) is 17.8 Å². The molecule has 0 atom stereocenters. The second kappa shape index (κ2) is 8.66. The smallest absolute Gasteiger partial charge is 0.148 e. The zero-order valence-electron chi connectivity index (χ0n) is 13.6. The summed E-state index contributed by atoms with van der Waals surface area (Å²) in [5, 5.41) is 8.55. The lowest BCUT2D eigenvalue weighted by Gasteiger charge is -2.24. The average Bonchev–Trinajstić information content (AvgIpc) is 2.80. The van der Waals surface area contributed by atoms with Gasteiger partial charge in [0, 0.05) is 12.0 Å². The van der Waals surface area contributed by atoms with E-state index in [-0.39, 0.29) is 5.54 Å². The quantitative estimate of drug-likeness (QED) is 0.471. The van der Waals surface area contributed by atoms with Crippen LogP contribution in [0.3, 0.4) is 0 Å². The molecular weight excluding hydrogens is 270 g/mol. The monoisotopic (exact) mass is 299 g/mol. The largest absolute Gasteiger partial charge is 0.309 e. The minimum Gasteiger partial charge on any atom is -0.309 e. The molecule has 0 N–H and O–H groups in total. The zero-order chi connectivity index (χ0) is 15.0. The van der Waals surface area contributed by atoms with Gasteiger partial charge >= 0.3 is 0 Å². The Morgan fingerprint density at radius 2 is 1.45 bits per heavy atom. The predicted molar refractivity (Wildman–Crippen MR) is 86.3 cm³/mol. The Balaban J connectivity index is 2.42. The number of unbranched alkanes of at least 4 members (excludes halogenated alkanes) is 6. The molecule has 0 spiro atoms. The van der Waals surface area contributed by atoms with Crippen molar-refractivity contribution in [1.82, 2.24) is 14.8 Å². The summed E-state index contributed by atoms with van der Waals surface area (Å²) in [7, 11) is 0. The number of aromatic nitrogens is 3. The van der Waals surface area contributed by atoms with E-state index in [2.05, 4.69) is 42.5 Å². The van der Waals surface area contributed by atoms with Gasteiger partial charge in [-0.3, -0.25) is 0 Å². The van der Waals surface area contributed by atoms with Crippen LogP contribution in [0.25, 0.3) is 0 Å². The van der Waals surface area contributed by atoms with Gasteiger partial charge in [0.25, 0.3) is 0 Å². The summed E-state index contributed by atoms with van der Waals surface area (Å²) < 4.78 is 2.21. The number of hydrogen-bond acceptors (Lipinski definition) is 2. The van der Waals surface area contributed by atoms with E-state index in [1.165, 1.54) is 44.9 Å². The first-order chi connectivity index (χ1) is 9.50. The topological polar surface area (TPSA) is 30.7 Å². The molecule has 0 aliphatic rings. The van der Waals surface area contributed by atoms with E-state index < -0.39 is 0 Å². The molecule has 0 saturated carbocycles. The van der Waals surface area contributed by atoms with E-state index in [1.54, 1.807) is 0 Å². The van der Waals surface area contributed by atoms with Crippen LogP contribution in [0.1, 0.15) is 84.3 Å². The second-order valence-electron chi connectivity index (χ2n) is 6.54. The maximum Gasteiger partial charge on any atom is 0.148 e. The van der Waals surface area contributed by atoms with E-state index in [0.29, 0.717) is 5.88 Å². The zero-order valence-corrected chi connectivity index (χ0v) is 14.3. The molecule has 0 amide bonds. The molecule has 1 aromatic heterocycles. The summed E-state index contributed by atoms with van der Waals surface area (Å²) in [6, 6.07) is 0. The predicted octanol–water partition coefficient (Wildman–Crippen LogP) is 5.07. The molecule has 1 aromatic rings. The molecule has 4 heteroatoms. The molecule has 0 unspecified atom stereocenters. The molecule has 0 aliphatic heterocycles. The van der Waals surface area contributed by atoms with Crippen LogP contribution >= 0.6 is 11.6 Å². The third kappa shape index (κ3) is 5.43. The van der Waals surface area contributed by atoms with Crippen molar-refractivity contribution in [1.29, 1.82) is 0 Å². The first kappa shape index (κ1) is 17.5. The lowest BCUT2D eigenvalue weighted by Crippen LogP contribution is -2.26. The minimum absolute atomic E-state index is 0.00415. The van der Waals surface area contributed by atoms with Crippen LogP contribution < -0.4 is 0 Å². The summed E-state index contributed by atoms with van der Waals surface area (Å²) in [6.45, 7) is 8.80. The maximum absolute atomic E-state index is 5.96. The lowest BCUT2D eigenvalue weighted by atomic mass is 10.1. The highest BCUT2D eigenvalue weighted by molar-refractivity contribution is 6.16. The molecule has 0 fully saturated rings. The lowest BCUT2D eigenvalue weighted by molar-refractivity contribution is 0.370. The van der Waals surface area contributed by atoms with Crippen LogP contribution in [0.15, 0.2) is 0 Å². The van der Waals surface area contributed by atoms with Gasteiger partial charge in [0.2, 0.25) is 0 Å². The number of aryl methyl sites for hydroxylation is 1. The first-order valence-corrected chi connectivity index (χ1v) is 8.53. The number of alkyl halides is 1. The third-order valence-corrected chi connectivity index (χ3v) is 3.83. The Labute approximate surface area is 129 Å². The van der Waals surface area contributed by atoms with Crippen molar-refractivity contribution in [3.63, 3.8) is 0 Å². The molecule has 3 nitrogen and oxygen atoms in total. The summed E-state index contributed by atoms with van der Waals surface area (Å²) in [4.78, 5) is 0. The fourth-order valence-electron chi connectivity index (χ4n) is 2.62. The van der Waals surface area contributed by atoms with Gasteiger partial charge in [0.05, 0.1) is 5.88 Å². The molecule has 0 saturated heterocycles. The van der Waals surface area contributed by atoms with Crippen LogP contribution in [0.2, 0.25) is 0 Å². The Hall–Kier alpha value is -0.570. The average molecular weight is 300 g/mol. The van der Waals surface area contributed by atoms with Gasteiger partial charge in [-0.15, -0.1) is 21.8 Å². The summed E-state index contributed by atoms with van der Waals surface area (Å²) >= 11 is 5.96. The molecule has 0 aromatic carbocycles. The molecular formula is C16H30ClN3. The van der Waals surface area contributed by atoms with Crippen molar-refractivity contribution >= 4 is 11.6 Å². The van der Waals surface area contributed by atoms with Crippen molar-refractivity contribution in [3.8, 4) is 0 Å². The Morgan fingerprint density at radius 1 is 0.900 bits per heavy atom. The number of rotatable bonds is 9. The second-order valence-corrected chi connectivity index (χ2v) is 6.81. The van der Waals surface area contributed by atoms with E-state index in [0.717, 1.165) is 18.1 Å². The van der Waals surface area contributed by atoms with Crippen LogP contribution in [0, 0.1) is 0 Å². The van der Waals surface area contributed by atoms with E-state index >= 15 is 0 Å². The van der Waals surface area contributed by atoms with Gasteiger partial charge in [-0.05, 0) is 27.2 Å². The summed E-state index contributed by atoms with van der Waals surface area (Å²) in [5.41, 5.74) is 0.00415. The molecule has 0 bridgehead atoms. The molecule has 116 valence electrons. The van der Waals surface area contributed by atoms with Crippen molar-refractivity contribution in [2.75, 3.05) is 0 Å². The van der Waals surface area contributed by atoms with Crippen LogP contribution in [0.4, 0.5) is 0 Å². The van der Waals surface area contributed by atoms with E-state index in [1.807, 2.05) is 0 Å². The molecule has 20 heavy (non-hydrogen) atoms. The Kier molecular flexibility index (Phi) is 7.57. The van der Waals surface area contributed by atoms with Crippen molar-refractivity contribution in [2.45, 2.75) is 90.5 Å². The third-order valence-electron chi connectivity index (χ3n) is 3.59.